The summed E-state index contributed by atoms with van der Waals surface area (Å²) in [4.78, 5) is 15.2. The van der Waals surface area contributed by atoms with Crippen molar-refractivity contribution in [2.24, 2.45) is 11.8 Å². The van der Waals surface area contributed by atoms with Gasteiger partial charge in [0.1, 0.15) is 0 Å². The summed E-state index contributed by atoms with van der Waals surface area (Å²) < 4.78 is 0. The third kappa shape index (κ3) is 2.51. The Morgan fingerprint density at radius 1 is 1.00 bits per heavy atom. The molecule has 0 aromatic heterocycles. The van der Waals surface area contributed by atoms with Gasteiger partial charge in [-0.1, -0.05) is 25.0 Å². The van der Waals surface area contributed by atoms with Gasteiger partial charge in [0.25, 0.3) is 5.91 Å². The molecule has 0 bridgehead atoms. The lowest BCUT2D eigenvalue weighted by Crippen LogP contribution is -2.38. The lowest BCUT2D eigenvalue weighted by Gasteiger charge is -2.24. The minimum absolute atomic E-state index is 0.139. The molecule has 1 saturated heterocycles. The maximum Gasteiger partial charge on any atom is 0.253 e. The van der Waals surface area contributed by atoms with Crippen molar-refractivity contribution in [3.8, 4) is 0 Å². The summed E-state index contributed by atoms with van der Waals surface area (Å²) in [6.07, 6.45) is 9.00. The molecule has 2 aliphatic carbocycles. The third-order valence-corrected chi connectivity index (χ3v) is 6.00. The maximum absolute atomic E-state index is 12.8. The molecule has 3 heteroatoms. The van der Waals surface area contributed by atoms with Crippen molar-refractivity contribution in [1.29, 1.82) is 0 Å². The molecule has 3 aliphatic rings. The summed E-state index contributed by atoms with van der Waals surface area (Å²) in [6, 6.07) is 8.54. The molecule has 1 aromatic carbocycles. The summed E-state index contributed by atoms with van der Waals surface area (Å²) >= 11 is 0. The molecule has 1 aliphatic heterocycles. The van der Waals surface area contributed by atoms with Crippen LogP contribution >= 0.6 is 0 Å². The van der Waals surface area contributed by atoms with Crippen LogP contribution in [0.25, 0.3) is 0 Å². The number of anilines is 1. The maximum atomic E-state index is 12.8. The van der Waals surface area contributed by atoms with Crippen molar-refractivity contribution >= 4 is 11.6 Å². The largest absolute Gasteiger partial charge is 0.371 e. The Bertz CT molecular complexity index is 550. The Hall–Kier alpha value is -1.51. The Kier molecular flexibility index (Phi) is 3.81. The van der Waals surface area contributed by atoms with Gasteiger partial charge in [-0.25, -0.2) is 0 Å². The van der Waals surface area contributed by atoms with Crippen molar-refractivity contribution in [2.75, 3.05) is 18.0 Å². The van der Waals surface area contributed by atoms with Gasteiger partial charge >= 0.3 is 0 Å². The third-order valence-electron chi connectivity index (χ3n) is 6.00. The fourth-order valence-corrected chi connectivity index (χ4v) is 4.89. The summed E-state index contributed by atoms with van der Waals surface area (Å²) in [5.41, 5.74) is 1.99. The molecular weight excluding hydrogens is 272 g/mol. The highest BCUT2D eigenvalue weighted by atomic mass is 16.1. The smallest absolute Gasteiger partial charge is 0.253 e. The molecule has 2 saturated carbocycles. The van der Waals surface area contributed by atoms with E-state index in [2.05, 4.69) is 16.3 Å². The molecule has 3 fully saturated rings. The van der Waals surface area contributed by atoms with Gasteiger partial charge < -0.3 is 10.2 Å². The lowest BCUT2D eigenvalue weighted by atomic mass is 9.97. The van der Waals surface area contributed by atoms with Crippen LogP contribution in [0.15, 0.2) is 24.3 Å². The number of carbonyl (C=O) groups is 1. The fourth-order valence-electron chi connectivity index (χ4n) is 4.89. The molecule has 1 heterocycles. The molecule has 3 atom stereocenters. The average molecular weight is 298 g/mol. The molecule has 4 rings (SSSR count). The van der Waals surface area contributed by atoms with Crippen molar-refractivity contribution < 1.29 is 4.79 Å². The topological polar surface area (TPSA) is 32.3 Å². The highest BCUT2D eigenvalue weighted by Crippen LogP contribution is 2.44. The quantitative estimate of drug-likeness (QED) is 0.925. The average Bonchev–Trinajstić information content (AvgIpc) is 3.26. The van der Waals surface area contributed by atoms with Crippen LogP contribution in [-0.2, 0) is 0 Å². The van der Waals surface area contributed by atoms with Crippen LogP contribution < -0.4 is 10.2 Å². The van der Waals surface area contributed by atoms with Crippen LogP contribution in [0.1, 0.15) is 55.3 Å². The Morgan fingerprint density at radius 2 is 1.82 bits per heavy atom. The molecule has 118 valence electrons. The van der Waals surface area contributed by atoms with E-state index in [0.717, 1.165) is 36.2 Å². The van der Waals surface area contributed by atoms with Crippen LogP contribution in [0, 0.1) is 11.8 Å². The zero-order chi connectivity index (χ0) is 14.9. The number of para-hydroxylation sites is 1. The van der Waals surface area contributed by atoms with E-state index < -0.39 is 0 Å². The summed E-state index contributed by atoms with van der Waals surface area (Å²) in [7, 11) is 0. The van der Waals surface area contributed by atoms with E-state index in [9.17, 15) is 4.79 Å². The minimum Gasteiger partial charge on any atom is -0.371 e. The van der Waals surface area contributed by atoms with E-state index in [1.165, 1.54) is 44.9 Å². The second-order valence-electron chi connectivity index (χ2n) is 7.22. The molecule has 3 nitrogen and oxygen atoms in total. The van der Waals surface area contributed by atoms with Crippen molar-refractivity contribution in [1.82, 2.24) is 5.32 Å². The number of rotatable bonds is 3. The highest BCUT2D eigenvalue weighted by Gasteiger charge is 2.39. The van der Waals surface area contributed by atoms with Crippen molar-refractivity contribution in [3.05, 3.63) is 29.8 Å². The van der Waals surface area contributed by atoms with E-state index in [1.54, 1.807) is 0 Å². The predicted molar refractivity (Wildman–Crippen MR) is 89.2 cm³/mol. The SMILES string of the molecule is O=C(N[C@H]1CC[C@@H]2CCC[C@@H]21)c1ccccc1N1CCCC1. The van der Waals surface area contributed by atoms with Gasteiger partial charge in [0.2, 0.25) is 0 Å². The van der Waals surface area contributed by atoms with E-state index in [0.29, 0.717) is 6.04 Å². The van der Waals surface area contributed by atoms with Crippen molar-refractivity contribution in [3.63, 3.8) is 0 Å². The van der Waals surface area contributed by atoms with Gasteiger partial charge in [-0.3, -0.25) is 4.79 Å². The van der Waals surface area contributed by atoms with Crippen molar-refractivity contribution in [2.45, 2.75) is 51.0 Å². The number of carbonyl (C=O) groups excluding carboxylic acids is 1. The molecule has 0 spiro atoms. The number of benzene rings is 1. The number of nitrogens with one attached hydrogen (secondary N) is 1. The lowest BCUT2D eigenvalue weighted by molar-refractivity contribution is 0.0927. The molecule has 1 N–H and O–H groups in total. The van der Waals surface area contributed by atoms with Crippen LogP contribution in [-0.4, -0.2) is 25.0 Å². The minimum atomic E-state index is 0.139. The number of hydrogen-bond acceptors (Lipinski definition) is 2. The first-order valence-corrected chi connectivity index (χ1v) is 8.98. The van der Waals surface area contributed by atoms with Crippen LogP contribution in [0.3, 0.4) is 0 Å². The van der Waals surface area contributed by atoms with Gasteiger partial charge in [0, 0.05) is 24.8 Å². The Balaban J connectivity index is 1.50. The van der Waals surface area contributed by atoms with E-state index in [-0.39, 0.29) is 5.91 Å². The summed E-state index contributed by atoms with van der Waals surface area (Å²) in [5.74, 6) is 1.75. The number of hydrogen-bond donors (Lipinski definition) is 1. The standard InChI is InChI=1S/C19H26N2O/c22-19(20-17-11-10-14-6-5-8-15(14)17)16-7-1-2-9-18(16)21-12-3-4-13-21/h1-2,7,9,14-15,17H,3-6,8,10-13H2,(H,20,22)/t14-,15-,17-/m0/s1. The van der Waals surface area contributed by atoms with E-state index in [1.807, 2.05) is 18.2 Å². The first-order chi connectivity index (χ1) is 10.8. The first-order valence-electron chi connectivity index (χ1n) is 8.98. The van der Waals surface area contributed by atoms with Gasteiger partial charge in [0.05, 0.1) is 5.56 Å². The van der Waals surface area contributed by atoms with Gasteiger partial charge in [-0.2, -0.15) is 0 Å². The molecule has 0 radical (unpaired) electrons. The molecule has 1 aromatic rings. The summed E-state index contributed by atoms with van der Waals surface area (Å²) in [6.45, 7) is 2.16. The van der Waals surface area contributed by atoms with Gasteiger partial charge in [-0.15, -0.1) is 0 Å². The van der Waals surface area contributed by atoms with E-state index in [4.69, 9.17) is 0 Å². The number of nitrogens with zero attached hydrogens (tertiary/aromatic N) is 1. The zero-order valence-corrected chi connectivity index (χ0v) is 13.3. The second kappa shape index (κ2) is 5.94. The molecule has 22 heavy (non-hydrogen) atoms. The highest BCUT2D eigenvalue weighted by molar-refractivity contribution is 6.00. The first kappa shape index (κ1) is 14.1. The zero-order valence-electron chi connectivity index (χ0n) is 13.3. The normalized spacial score (nSPS) is 30.5. The van der Waals surface area contributed by atoms with Gasteiger partial charge in [-0.05, 0) is 56.1 Å². The number of amides is 1. The summed E-state index contributed by atoms with van der Waals surface area (Å²) in [5, 5.41) is 3.36. The Labute approximate surface area is 133 Å². The van der Waals surface area contributed by atoms with Crippen LogP contribution in [0.4, 0.5) is 5.69 Å². The molecule has 1 amide bonds. The molecule has 0 unspecified atom stereocenters. The number of fused-ring (bicyclic) bond motifs is 1. The predicted octanol–water partition coefficient (Wildman–Crippen LogP) is 3.60. The molecular formula is C19H26N2O. The fraction of sp³-hybridized carbons (Fsp3) is 0.632. The van der Waals surface area contributed by atoms with E-state index >= 15 is 0 Å². The van der Waals surface area contributed by atoms with Gasteiger partial charge in [0.15, 0.2) is 0 Å². The monoisotopic (exact) mass is 298 g/mol. The van der Waals surface area contributed by atoms with Crippen LogP contribution in [0.5, 0.6) is 0 Å². The second-order valence-corrected chi connectivity index (χ2v) is 7.22. The Morgan fingerprint density at radius 3 is 2.68 bits per heavy atom. The van der Waals surface area contributed by atoms with Crippen LogP contribution in [0.2, 0.25) is 0 Å².